The second-order valence-electron chi connectivity index (χ2n) is 12.4. The molecule has 0 radical (unpaired) electrons. The molecule has 0 amide bonds. The van der Waals surface area contributed by atoms with Crippen LogP contribution in [0.3, 0.4) is 0 Å². The Labute approximate surface area is 273 Å². The van der Waals surface area contributed by atoms with Gasteiger partial charge in [-0.05, 0) is 121 Å². The normalized spacial score (nSPS) is 11.6. The maximum absolute atomic E-state index is 5.94. The van der Waals surface area contributed by atoms with Crippen LogP contribution in [0.25, 0.3) is 43.6 Å². The zero-order valence-corrected chi connectivity index (χ0v) is 27.0. The lowest BCUT2D eigenvalue weighted by Gasteiger charge is -2.20. The molecule has 0 unspecified atom stereocenters. The molecular weight excluding hydrogens is 578 g/mol. The van der Waals surface area contributed by atoms with E-state index in [1.165, 1.54) is 43.6 Å². The molecule has 0 aliphatic carbocycles. The summed E-state index contributed by atoms with van der Waals surface area (Å²) in [4.78, 5) is 4.47. The van der Waals surface area contributed by atoms with E-state index in [9.17, 15) is 0 Å². The van der Waals surface area contributed by atoms with Crippen molar-refractivity contribution in [2.45, 2.75) is 0 Å². The highest BCUT2D eigenvalue weighted by Gasteiger charge is 2.16. The van der Waals surface area contributed by atoms with Crippen molar-refractivity contribution in [3.63, 3.8) is 0 Å². The topological polar surface area (TPSA) is 80.4 Å². The summed E-state index contributed by atoms with van der Waals surface area (Å²) in [5, 5.41) is 8.41. The third kappa shape index (κ3) is 4.75. The standard InChI is InChI=1S/C40H37N7/c1-44(29-12-7-26(42)8-13-29)30-14-18-39-35(22-30)36-24-32(16-20-40(36)47(39)4)45(2)31-15-19-38-34(23-31)33-21-28(11-17-37(33)46(38)3)43-27-9-5-25(41)6-10-27/h5-24,43H,41-42H2,1-4H3. The van der Waals surface area contributed by atoms with Crippen molar-refractivity contribution < 1.29 is 0 Å². The van der Waals surface area contributed by atoms with E-state index in [-0.39, 0.29) is 0 Å². The summed E-state index contributed by atoms with van der Waals surface area (Å²) < 4.78 is 4.54. The summed E-state index contributed by atoms with van der Waals surface area (Å²) in [5.74, 6) is 0. The van der Waals surface area contributed by atoms with E-state index in [0.29, 0.717) is 0 Å². The number of rotatable bonds is 6. The van der Waals surface area contributed by atoms with Gasteiger partial charge in [0.15, 0.2) is 0 Å². The van der Waals surface area contributed by atoms with E-state index >= 15 is 0 Å². The van der Waals surface area contributed by atoms with Crippen molar-refractivity contribution in [2.75, 3.05) is 40.7 Å². The van der Waals surface area contributed by atoms with Gasteiger partial charge in [0.05, 0.1) is 0 Å². The average molecular weight is 616 g/mol. The van der Waals surface area contributed by atoms with Gasteiger partial charge in [-0.1, -0.05) is 0 Å². The number of hydrogen-bond acceptors (Lipinski definition) is 5. The first-order valence-electron chi connectivity index (χ1n) is 15.7. The summed E-state index contributed by atoms with van der Waals surface area (Å²) in [7, 11) is 8.52. The summed E-state index contributed by atoms with van der Waals surface area (Å²) >= 11 is 0. The van der Waals surface area contributed by atoms with Crippen LogP contribution in [0, 0.1) is 0 Å². The van der Waals surface area contributed by atoms with Crippen LogP contribution in [0.4, 0.5) is 45.5 Å². The number of anilines is 8. The van der Waals surface area contributed by atoms with Crippen molar-refractivity contribution in [3.8, 4) is 0 Å². The minimum Gasteiger partial charge on any atom is -0.399 e. The van der Waals surface area contributed by atoms with Gasteiger partial charge in [-0.3, -0.25) is 0 Å². The van der Waals surface area contributed by atoms with Crippen LogP contribution in [0.5, 0.6) is 0 Å². The van der Waals surface area contributed by atoms with Crippen molar-refractivity contribution in [2.24, 2.45) is 14.1 Å². The van der Waals surface area contributed by atoms with Gasteiger partial charge >= 0.3 is 0 Å². The Kier molecular flexibility index (Phi) is 6.51. The molecule has 2 heterocycles. The van der Waals surface area contributed by atoms with Gasteiger partial charge in [-0.2, -0.15) is 0 Å². The molecule has 8 aromatic rings. The van der Waals surface area contributed by atoms with E-state index in [1.807, 2.05) is 36.4 Å². The van der Waals surface area contributed by atoms with Gasteiger partial charge in [-0.25, -0.2) is 0 Å². The predicted octanol–water partition coefficient (Wildman–Crippen LogP) is 9.42. The highest BCUT2D eigenvalue weighted by atomic mass is 15.1. The Morgan fingerprint density at radius 2 is 0.766 bits per heavy atom. The molecule has 0 aliphatic rings. The number of nitrogens with one attached hydrogen (secondary N) is 1. The number of hydrogen-bond donors (Lipinski definition) is 3. The third-order valence-corrected chi connectivity index (χ3v) is 9.60. The van der Waals surface area contributed by atoms with Crippen LogP contribution < -0.4 is 26.6 Å². The Bertz CT molecular complexity index is 2450. The number of fused-ring (bicyclic) bond motifs is 6. The van der Waals surface area contributed by atoms with Gasteiger partial charge in [0.2, 0.25) is 0 Å². The van der Waals surface area contributed by atoms with Crippen molar-refractivity contribution >= 4 is 89.1 Å². The van der Waals surface area contributed by atoms with E-state index in [1.54, 1.807) is 0 Å². The van der Waals surface area contributed by atoms with E-state index in [0.717, 1.165) is 45.5 Å². The molecule has 0 saturated carbocycles. The zero-order valence-electron chi connectivity index (χ0n) is 27.0. The number of aromatic nitrogens is 2. The van der Waals surface area contributed by atoms with Crippen LogP contribution in [-0.4, -0.2) is 23.2 Å². The van der Waals surface area contributed by atoms with Crippen LogP contribution in [0.2, 0.25) is 0 Å². The van der Waals surface area contributed by atoms with Crippen molar-refractivity contribution in [1.29, 1.82) is 0 Å². The number of benzene rings is 6. The predicted molar refractivity (Wildman–Crippen MR) is 202 cm³/mol. The molecule has 0 saturated heterocycles. The maximum Gasteiger partial charge on any atom is 0.0490 e. The number of nitrogen functional groups attached to an aromatic ring is 2. The molecule has 7 heteroatoms. The minimum absolute atomic E-state index is 0.753. The average Bonchev–Trinajstić information content (AvgIpc) is 3.54. The monoisotopic (exact) mass is 615 g/mol. The lowest BCUT2D eigenvalue weighted by Crippen LogP contribution is -2.09. The molecule has 5 N–H and O–H groups in total. The largest absolute Gasteiger partial charge is 0.399 e. The lowest BCUT2D eigenvalue weighted by molar-refractivity contribution is 1.01. The molecule has 0 atom stereocenters. The first-order valence-corrected chi connectivity index (χ1v) is 15.7. The summed E-state index contributed by atoms with van der Waals surface area (Å²) in [6.45, 7) is 0. The highest BCUT2D eigenvalue weighted by molar-refractivity contribution is 6.12. The minimum atomic E-state index is 0.753. The zero-order chi connectivity index (χ0) is 32.4. The third-order valence-electron chi connectivity index (χ3n) is 9.60. The van der Waals surface area contributed by atoms with Gasteiger partial charge in [0.25, 0.3) is 0 Å². The molecule has 232 valence electrons. The first kappa shape index (κ1) is 28.4. The molecule has 0 aliphatic heterocycles. The van der Waals surface area contributed by atoms with Gasteiger partial charge < -0.3 is 35.7 Å². The lowest BCUT2D eigenvalue weighted by atomic mass is 10.1. The number of aryl methyl sites for hydroxylation is 2. The quantitative estimate of drug-likeness (QED) is 0.162. The molecule has 8 rings (SSSR count). The molecule has 47 heavy (non-hydrogen) atoms. The van der Waals surface area contributed by atoms with Crippen molar-refractivity contribution in [3.05, 3.63) is 121 Å². The van der Waals surface area contributed by atoms with Crippen LogP contribution >= 0.6 is 0 Å². The second-order valence-corrected chi connectivity index (χ2v) is 12.4. The van der Waals surface area contributed by atoms with Crippen LogP contribution in [0.15, 0.2) is 121 Å². The Morgan fingerprint density at radius 1 is 0.426 bits per heavy atom. The molecule has 0 spiro atoms. The highest BCUT2D eigenvalue weighted by Crippen LogP contribution is 2.38. The van der Waals surface area contributed by atoms with Crippen molar-refractivity contribution in [1.82, 2.24) is 9.13 Å². The van der Waals surface area contributed by atoms with Crippen LogP contribution in [0.1, 0.15) is 0 Å². The SMILES string of the molecule is CN(c1ccc(N)cc1)c1ccc2c(c1)c1cc(N(C)c3ccc4c(c3)c3cc(Nc5ccc(N)cc5)ccc3n4C)ccc1n2C. The first-order chi connectivity index (χ1) is 22.7. The Hall–Kier alpha value is -6.08. The fraction of sp³-hybridized carbons (Fsp3) is 0.100. The summed E-state index contributed by atoms with van der Waals surface area (Å²) in [5.41, 5.74) is 24.7. The molecule has 0 fully saturated rings. The smallest absolute Gasteiger partial charge is 0.0490 e. The summed E-state index contributed by atoms with van der Waals surface area (Å²) in [6, 6.07) is 42.6. The molecule has 7 nitrogen and oxygen atoms in total. The van der Waals surface area contributed by atoms with Gasteiger partial charge in [0.1, 0.15) is 0 Å². The van der Waals surface area contributed by atoms with Crippen LogP contribution in [-0.2, 0) is 14.1 Å². The molecular formula is C40H37N7. The van der Waals surface area contributed by atoms with Gasteiger partial charge in [-0.15, -0.1) is 0 Å². The Morgan fingerprint density at radius 3 is 1.23 bits per heavy atom. The van der Waals surface area contributed by atoms with E-state index in [4.69, 9.17) is 11.5 Å². The summed E-state index contributed by atoms with van der Waals surface area (Å²) in [6.07, 6.45) is 0. The number of nitrogens with zero attached hydrogens (tertiary/aromatic N) is 4. The maximum atomic E-state index is 5.94. The molecule has 2 aromatic heterocycles. The fourth-order valence-corrected chi connectivity index (χ4v) is 6.83. The molecule has 6 aromatic carbocycles. The molecule has 0 bridgehead atoms. The second kappa shape index (κ2) is 10.8. The number of nitrogens with two attached hydrogens (primary N) is 2. The van der Waals surface area contributed by atoms with Gasteiger partial charge in [0, 0.05) is 117 Å². The van der Waals surface area contributed by atoms with E-state index in [2.05, 4.69) is 137 Å². The fourth-order valence-electron chi connectivity index (χ4n) is 6.83. The van der Waals surface area contributed by atoms with E-state index < -0.39 is 0 Å². The Balaban J connectivity index is 1.17.